The first kappa shape index (κ1) is 20.8. The van der Waals surface area contributed by atoms with E-state index >= 15 is 0 Å². The zero-order chi connectivity index (χ0) is 22.5. The van der Waals surface area contributed by atoms with Gasteiger partial charge in [0, 0.05) is 5.69 Å². The zero-order valence-electron chi connectivity index (χ0n) is 17.7. The standard InChI is InChI=1S/C24H22N6O2/c1-17-13-18(2)15-19(14-17)27-23-22(30(31)32)24(26-16-25-23)28-29(20-9-5-3-6-10-20)21-11-7-4-8-12-21/h3-16H,1-2H3,(H2,25,26,27,28). The number of rotatable bonds is 7. The Morgan fingerprint density at radius 2 is 1.34 bits per heavy atom. The molecule has 4 aromatic rings. The van der Waals surface area contributed by atoms with E-state index in [4.69, 9.17) is 0 Å². The molecule has 0 saturated carbocycles. The summed E-state index contributed by atoms with van der Waals surface area (Å²) in [7, 11) is 0. The lowest BCUT2D eigenvalue weighted by atomic mass is 10.1. The minimum absolute atomic E-state index is 0.0737. The second kappa shape index (κ2) is 9.13. The van der Waals surface area contributed by atoms with Crippen molar-refractivity contribution >= 4 is 34.4 Å². The van der Waals surface area contributed by atoms with Gasteiger partial charge in [-0.2, -0.15) is 0 Å². The number of aryl methyl sites for hydroxylation is 2. The maximum Gasteiger partial charge on any atom is 0.355 e. The van der Waals surface area contributed by atoms with Crippen LogP contribution in [0.25, 0.3) is 0 Å². The smallest absolute Gasteiger partial charge is 0.334 e. The molecule has 0 unspecified atom stereocenters. The van der Waals surface area contributed by atoms with Gasteiger partial charge in [-0.25, -0.2) is 9.97 Å². The number of benzene rings is 3. The van der Waals surface area contributed by atoms with Gasteiger partial charge in [-0.3, -0.25) is 20.5 Å². The molecule has 8 nitrogen and oxygen atoms in total. The number of hydrogen-bond acceptors (Lipinski definition) is 7. The Hall–Kier alpha value is -4.46. The van der Waals surface area contributed by atoms with Gasteiger partial charge in [0.2, 0.25) is 11.6 Å². The van der Waals surface area contributed by atoms with E-state index in [9.17, 15) is 10.1 Å². The van der Waals surface area contributed by atoms with Crippen molar-refractivity contribution in [1.29, 1.82) is 0 Å². The largest absolute Gasteiger partial charge is 0.355 e. The van der Waals surface area contributed by atoms with Gasteiger partial charge in [-0.05, 0) is 61.4 Å². The monoisotopic (exact) mass is 426 g/mol. The molecule has 0 fully saturated rings. The Kier molecular flexibility index (Phi) is 5.94. The predicted octanol–water partition coefficient (Wildman–Crippen LogP) is 5.91. The van der Waals surface area contributed by atoms with E-state index in [0.29, 0.717) is 0 Å². The van der Waals surface area contributed by atoms with Crippen molar-refractivity contribution in [2.24, 2.45) is 0 Å². The van der Waals surface area contributed by atoms with Crippen LogP contribution in [0, 0.1) is 24.0 Å². The molecule has 4 rings (SSSR count). The van der Waals surface area contributed by atoms with E-state index < -0.39 is 4.92 Å². The lowest BCUT2D eigenvalue weighted by Crippen LogP contribution is -2.26. The first-order chi connectivity index (χ1) is 15.5. The van der Waals surface area contributed by atoms with Crippen LogP contribution in [0.3, 0.4) is 0 Å². The summed E-state index contributed by atoms with van der Waals surface area (Å²) in [6, 6.07) is 24.9. The highest BCUT2D eigenvalue weighted by atomic mass is 16.6. The van der Waals surface area contributed by atoms with Gasteiger partial charge in [-0.1, -0.05) is 42.5 Å². The molecular formula is C24H22N6O2. The highest BCUT2D eigenvalue weighted by Crippen LogP contribution is 2.34. The Balaban J connectivity index is 1.75. The maximum atomic E-state index is 12.0. The van der Waals surface area contributed by atoms with Crippen molar-refractivity contribution in [1.82, 2.24) is 9.97 Å². The third-order valence-electron chi connectivity index (χ3n) is 4.74. The second-order valence-electron chi connectivity index (χ2n) is 7.30. The Morgan fingerprint density at radius 1 is 0.812 bits per heavy atom. The summed E-state index contributed by atoms with van der Waals surface area (Å²) >= 11 is 0. The molecular weight excluding hydrogens is 404 g/mol. The van der Waals surface area contributed by atoms with Crippen molar-refractivity contribution in [2.45, 2.75) is 13.8 Å². The second-order valence-corrected chi connectivity index (χ2v) is 7.30. The molecule has 160 valence electrons. The summed E-state index contributed by atoms with van der Waals surface area (Å²) < 4.78 is 0. The average molecular weight is 426 g/mol. The minimum Gasteiger partial charge on any atom is -0.334 e. The van der Waals surface area contributed by atoms with Crippen LogP contribution < -0.4 is 15.8 Å². The number of para-hydroxylation sites is 2. The number of hydrazine groups is 1. The Morgan fingerprint density at radius 3 is 1.88 bits per heavy atom. The summed E-state index contributed by atoms with van der Waals surface area (Å²) in [5.74, 6) is 0.183. The van der Waals surface area contributed by atoms with Gasteiger partial charge in [0.1, 0.15) is 6.33 Å². The average Bonchev–Trinajstić information content (AvgIpc) is 2.78. The van der Waals surface area contributed by atoms with E-state index in [1.54, 1.807) is 5.01 Å². The van der Waals surface area contributed by atoms with Crippen LogP contribution >= 0.6 is 0 Å². The number of aromatic nitrogens is 2. The van der Waals surface area contributed by atoms with Crippen LogP contribution in [0.1, 0.15) is 11.1 Å². The van der Waals surface area contributed by atoms with E-state index in [0.717, 1.165) is 28.2 Å². The van der Waals surface area contributed by atoms with Crippen LogP contribution in [0.2, 0.25) is 0 Å². The third-order valence-corrected chi connectivity index (χ3v) is 4.74. The van der Waals surface area contributed by atoms with Crippen LogP contribution in [0.4, 0.5) is 34.4 Å². The SMILES string of the molecule is Cc1cc(C)cc(Nc2ncnc(NN(c3ccccc3)c3ccccc3)c2[N+](=O)[O-])c1. The lowest BCUT2D eigenvalue weighted by Gasteiger charge is -2.26. The fourth-order valence-electron chi connectivity index (χ4n) is 3.45. The van der Waals surface area contributed by atoms with Crippen molar-refractivity contribution in [3.8, 4) is 0 Å². The van der Waals surface area contributed by atoms with E-state index in [1.807, 2.05) is 92.7 Å². The molecule has 2 N–H and O–H groups in total. The molecule has 1 aromatic heterocycles. The van der Waals surface area contributed by atoms with E-state index in [-0.39, 0.29) is 17.3 Å². The third kappa shape index (κ3) is 4.65. The highest BCUT2D eigenvalue weighted by Gasteiger charge is 2.25. The number of hydrogen-bond donors (Lipinski definition) is 2. The van der Waals surface area contributed by atoms with E-state index in [1.165, 1.54) is 6.33 Å². The van der Waals surface area contributed by atoms with Crippen molar-refractivity contribution in [2.75, 3.05) is 15.8 Å². The first-order valence-electron chi connectivity index (χ1n) is 10.0. The molecule has 0 aliphatic rings. The molecule has 0 spiro atoms. The summed E-state index contributed by atoms with van der Waals surface area (Å²) in [4.78, 5) is 19.9. The normalized spacial score (nSPS) is 10.4. The minimum atomic E-state index is -0.485. The van der Waals surface area contributed by atoms with Gasteiger partial charge in [-0.15, -0.1) is 0 Å². The Bertz CT molecular complexity index is 1170. The topological polar surface area (TPSA) is 96.2 Å². The Labute approximate surface area is 185 Å². The molecule has 3 aromatic carbocycles. The summed E-state index contributed by atoms with van der Waals surface area (Å²) in [5, 5.41) is 16.9. The number of nitrogens with one attached hydrogen (secondary N) is 2. The van der Waals surface area contributed by atoms with Crippen molar-refractivity contribution in [3.05, 3.63) is 106 Å². The molecule has 0 atom stereocenters. The summed E-state index contributed by atoms with van der Waals surface area (Å²) in [5.41, 5.74) is 7.27. The van der Waals surface area contributed by atoms with Crippen LogP contribution in [0.5, 0.6) is 0 Å². The van der Waals surface area contributed by atoms with Gasteiger partial charge >= 0.3 is 5.69 Å². The lowest BCUT2D eigenvalue weighted by molar-refractivity contribution is -0.383. The van der Waals surface area contributed by atoms with Gasteiger partial charge < -0.3 is 5.32 Å². The fraction of sp³-hybridized carbons (Fsp3) is 0.0833. The summed E-state index contributed by atoms with van der Waals surface area (Å²) in [6.07, 6.45) is 1.30. The van der Waals surface area contributed by atoms with Gasteiger partial charge in [0.25, 0.3) is 0 Å². The number of nitro groups is 1. The zero-order valence-corrected chi connectivity index (χ0v) is 17.7. The summed E-state index contributed by atoms with van der Waals surface area (Å²) in [6.45, 7) is 3.94. The molecule has 0 aliphatic heterocycles. The van der Waals surface area contributed by atoms with Gasteiger partial charge in [0.15, 0.2) is 0 Å². The molecule has 0 saturated heterocycles. The molecule has 1 heterocycles. The van der Waals surface area contributed by atoms with Crippen LogP contribution in [-0.2, 0) is 0 Å². The molecule has 0 amide bonds. The molecule has 8 heteroatoms. The van der Waals surface area contributed by atoms with Crippen molar-refractivity contribution < 1.29 is 4.92 Å². The van der Waals surface area contributed by atoms with Gasteiger partial charge in [0.05, 0.1) is 16.3 Å². The quantitative estimate of drug-likeness (QED) is 0.280. The predicted molar refractivity (Wildman–Crippen MR) is 127 cm³/mol. The first-order valence-corrected chi connectivity index (χ1v) is 10.0. The molecule has 0 aliphatic carbocycles. The highest BCUT2D eigenvalue weighted by molar-refractivity contribution is 5.77. The number of anilines is 5. The maximum absolute atomic E-state index is 12.0. The number of nitrogens with zero attached hydrogens (tertiary/aromatic N) is 4. The van der Waals surface area contributed by atoms with Crippen LogP contribution in [0.15, 0.2) is 85.2 Å². The molecule has 0 radical (unpaired) electrons. The fourth-order valence-corrected chi connectivity index (χ4v) is 3.45. The van der Waals surface area contributed by atoms with Crippen molar-refractivity contribution in [3.63, 3.8) is 0 Å². The molecule has 0 bridgehead atoms. The van der Waals surface area contributed by atoms with Crippen LogP contribution in [-0.4, -0.2) is 14.9 Å². The molecule has 32 heavy (non-hydrogen) atoms. The van der Waals surface area contributed by atoms with E-state index in [2.05, 4.69) is 20.7 Å².